The van der Waals surface area contributed by atoms with E-state index in [1.807, 2.05) is 27.7 Å². The number of H-pyrrole nitrogens is 1. The minimum Gasteiger partial charge on any atom is -0.381 e. The number of imidazole rings is 1. The second-order valence-corrected chi connectivity index (χ2v) is 7.83. The number of aromatic nitrogens is 4. The molecular weight excluding hydrogens is 380 g/mol. The van der Waals surface area contributed by atoms with Crippen LogP contribution >= 0.6 is 0 Å². The fourth-order valence-corrected chi connectivity index (χ4v) is 4.40. The fourth-order valence-electron chi connectivity index (χ4n) is 4.40. The van der Waals surface area contributed by atoms with Gasteiger partial charge in [0, 0.05) is 35.8 Å². The Bertz CT molecular complexity index is 1160. The standard InChI is InChI=1S/C22H24N4O3.CH4/c1-11-19(13(3)28-25-11)16-9-17(20-12(2)26-29-14(20)4)21-18(10-16)23-22(24-21)15-5-7-27-8-6-15;/h9-10,15H,5-8H2,1-4H3,(H,23,24);1H4. The van der Waals surface area contributed by atoms with Crippen molar-refractivity contribution in [2.75, 3.05) is 13.2 Å². The summed E-state index contributed by atoms with van der Waals surface area (Å²) in [7, 11) is 0. The summed E-state index contributed by atoms with van der Waals surface area (Å²) in [5, 5.41) is 8.30. The quantitative estimate of drug-likeness (QED) is 0.472. The van der Waals surface area contributed by atoms with Crippen LogP contribution in [0.25, 0.3) is 33.3 Å². The summed E-state index contributed by atoms with van der Waals surface area (Å²) in [6, 6.07) is 4.29. The van der Waals surface area contributed by atoms with E-state index in [9.17, 15) is 0 Å². The maximum Gasteiger partial charge on any atom is 0.141 e. The van der Waals surface area contributed by atoms with Crippen LogP contribution < -0.4 is 0 Å². The molecule has 1 aliphatic rings. The maximum atomic E-state index is 5.52. The van der Waals surface area contributed by atoms with E-state index in [1.165, 1.54) is 0 Å². The molecule has 0 atom stereocenters. The summed E-state index contributed by atoms with van der Waals surface area (Å²) in [5.41, 5.74) is 7.74. The van der Waals surface area contributed by atoms with Crippen molar-refractivity contribution in [2.24, 2.45) is 0 Å². The lowest BCUT2D eigenvalue weighted by Gasteiger charge is -2.19. The number of hydrogen-bond donors (Lipinski definition) is 1. The van der Waals surface area contributed by atoms with Crippen LogP contribution in [-0.4, -0.2) is 33.5 Å². The topological polar surface area (TPSA) is 90.0 Å². The van der Waals surface area contributed by atoms with Crippen LogP contribution in [0, 0.1) is 27.7 Å². The molecule has 1 aromatic carbocycles. The SMILES string of the molecule is C.Cc1noc(C)c1-c1cc(-c2c(C)noc2C)c2nc(C3CCOCC3)[nH]c2c1. The van der Waals surface area contributed by atoms with Gasteiger partial charge < -0.3 is 18.8 Å². The van der Waals surface area contributed by atoms with Crippen molar-refractivity contribution < 1.29 is 13.8 Å². The molecule has 30 heavy (non-hydrogen) atoms. The lowest BCUT2D eigenvalue weighted by atomic mass is 9.96. The number of ether oxygens (including phenoxy) is 1. The normalized spacial score (nSPS) is 14.9. The third kappa shape index (κ3) is 3.23. The molecule has 7 heteroatoms. The van der Waals surface area contributed by atoms with Crippen LogP contribution in [0.1, 0.15) is 54.9 Å². The van der Waals surface area contributed by atoms with Crippen molar-refractivity contribution >= 4 is 11.0 Å². The van der Waals surface area contributed by atoms with E-state index >= 15 is 0 Å². The maximum absolute atomic E-state index is 5.52. The summed E-state index contributed by atoms with van der Waals surface area (Å²) in [6.07, 6.45) is 1.97. The van der Waals surface area contributed by atoms with E-state index in [4.69, 9.17) is 18.8 Å². The van der Waals surface area contributed by atoms with E-state index in [-0.39, 0.29) is 7.43 Å². The van der Waals surface area contributed by atoms with Gasteiger partial charge in [0.15, 0.2) is 0 Å². The van der Waals surface area contributed by atoms with E-state index in [2.05, 4.69) is 27.4 Å². The van der Waals surface area contributed by atoms with Gasteiger partial charge in [0.1, 0.15) is 17.3 Å². The molecule has 0 aliphatic carbocycles. The van der Waals surface area contributed by atoms with Crippen LogP contribution in [0.2, 0.25) is 0 Å². The molecule has 4 aromatic rings. The predicted octanol–water partition coefficient (Wildman–Crippen LogP) is 5.64. The predicted molar refractivity (Wildman–Crippen MR) is 116 cm³/mol. The first-order valence-electron chi connectivity index (χ1n) is 10.0. The average molecular weight is 409 g/mol. The van der Waals surface area contributed by atoms with E-state index < -0.39 is 0 Å². The van der Waals surface area contributed by atoms with Gasteiger partial charge in [-0.25, -0.2) is 4.98 Å². The third-order valence-electron chi connectivity index (χ3n) is 5.84. The van der Waals surface area contributed by atoms with Crippen molar-refractivity contribution in [3.05, 3.63) is 40.9 Å². The minimum atomic E-state index is 0. The van der Waals surface area contributed by atoms with Gasteiger partial charge in [0.05, 0.1) is 22.4 Å². The smallest absolute Gasteiger partial charge is 0.141 e. The van der Waals surface area contributed by atoms with Crippen molar-refractivity contribution in [2.45, 2.75) is 53.9 Å². The molecule has 158 valence electrons. The molecule has 0 radical (unpaired) electrons. The van der Waals surface area contributed by atoms with Gasteiger partial charge in [-0.2, -0.15) is 0 Å². The molecule has 0 bridgehead atoms. The van der Waals surface area contributed by atoms with Crippen LogP contribution in [0.3, 0.4) is 0 Å². The number of fused-ring (bicyclic) bond motifs is 1. The summed E-state index contributed by atoms with van der Waals surface area (Å²) in [6.45, 7) is 9.37. The van der Waals surface area contributed by atoms with E-state index in [0.29, 0.717) is 5.92 Å². The van der Waals surface area contributed by atoms with Gasteiger partial charge in [0.2, 0.25) is 0 Å². The Hall–Kier alpha value is -2.93. The molecule has 0 spiro atoms. The highest BCUT2D eigenvalue weighted by Gasteiger charge is 2.24. The number of aryl methyl sites for hydroxylation is 4. The van der Waals surface area contributed by atoms with Crippen molar-refractivity contribution in [1.29, 1.82) is 0 Å². The highest BCUT2D eigenvalue weighted by atomic mass is 16.5. The Labute approximate surface area is 175 Å². The molecule has 0 unspecified atom stereocenters. The van der Waals surface area contributed by atoms with Gasteiger partial charge in [-0.15, -0.1) is 0 Å². The number of hydrogen-bond acceptors (Lipinski definition) is 6. The Balaban J connectivity index is 0.00000218. The highest BCUT2D eigenvalue weighted by molar-refractivity contribution is 5.97. The molecule has 1 saturated heterocycles. The largest absolute Gasteiger partial charge is 0.381 e. The lowest BCUT2D eigenvalue weighted by molar-refractivity contribution is 0.0838. The van der Waals surface area contributed by atoms with Gasteiger partial charge in [-0.1, -0.05) is 17.7 Å². The Morgan fingerprint density at radius 2 is 1.53 bits per heavy atom. The first-order chi connectivity index (χ1) is 14.0. The summed E-state index contributed by atoms with van der Waals surface area (Å²) < 4.78 is 16.4. The second-order valence-electron chi connectivity index (χ2n) is 7.83. The molecule has 0 amide bonds. The van der Waals surface area contributed by atoms with Gasteiger partial charge in [-0.05, 0) is 58.2 Å². The number of aromatic amines is 1. The van der Waals surface area contributed by atoms with Crippen molar-refractivity contribution in [1.82, 2.24) is 20.3 Å². The molecular formula is C23H28N4O3. The third-order valence-corrected chi connectivity index (χ3v) is 5.84. The zero-order chi connectivity index (χ0) is 20.1. The first-order valence-corrected chi connectivity index (χ1v) is 10.0. The number of nitrogens with one attached hydrogen (secondary N) is 1. The zero-order valence-corrected chi connectivity index (χ0v) is 17.1. The highest BCUT2D eigenvalue weighted by Crippen LogP contribution is 2.39. The molecule has 1 fully saturated rings. The van der Waals surface area contributed by atoms with Gasteiger partial charge in [0.25, 0.3) is 0 Å². The summed E-state index contributed by atoms with van der Waals surface area (Å²) >= 11 is 0. The van der Waals surface area contributed by atoms with Crippen molar-refractivity contribution in [3.8, 4) is 22.3 Å². The van der Waals surface area contributed by atoms with Crippen molar-refractivity contribution in [3.63, 3.8) is 0 Å². The first kappa shape index (κ1) is 20.3. The van der Waals surface area contributed by atoms with Crippen LogP contribution in [-0.2, 0) is 4.74 Å². The number of nitrogens with zero attached hydrogens (tertiary/aromatic N) is 3. The second kappa shape index (κ2) is 7.72. The van der Waals surface area contributed by atoms with Gasteiger partial charge in [-0.3, -0.25) is 0 Å². The average Bonchev–Trinajstić information content (AvgIpc) is 3.39. The Kier molecular flexibility index (Phi) is 5.24. The van der Waals surface area contributed by atoms with E-state index in [1.54, 1.807) is 0 Å². The molecule has 5 rings (SSSR count). The molecule has 3 aromatic heterocycles. The van der Waals surface area contributed by atoms with E-state index in [0.717, 1.165) is 88.1 Å². The van der Waals surface area contributed by atoms with Crippen LogP contribution in [0.4, 0.5) is 0 Å². The molecule has 7 nitrogen and oxygen atoms in total. The molecule has 1 aliphatic heterocycles. The Morgan fingerprint density at radius 1 is 0.900 bits per heavy atom. The van der Waals surface area contributed by atoms with Gasteiger partial charge >= 0.3 is 0 Å². The summed E-state index contributed by atoms with van der Waals surface area (Å²) in [5.74, 6) is 2.99. The van der Waals surface area contributed by atoms with Crippen LogP contribution in [0.15, 0.2) is 21.2 Å². The molecule has 0 saturated carbocycles. The lowest BCUT2D eigenvalue weighted by Crippen LogP contribution is -2.15. The van der Waals surface area contributed by atoms with Crippen LogP contribution in [0.5, 0.6) is 0 Å². The molecule has 1 N–H and O–H groups in total. The fraction of sp³-hybridized carbons (Fsp3) is 0.435. The monoisotopic (exact) mass is 408 g/mol. The Morgan fingerprint density at radius 3 is 2.13 bits per heavy atom. The zero-order valence-electron chi connectivity index (χ0n) is 17.1. The molecule has 4 heterocycles. The summed E-state index contributed by atoms with van der Waals surface area (Å²) in [4.78, 5) is 8.60. The number of benzene rings is 1. The number of rotatable bonds is 3. The minimum absolute atomic E-state index is 0.